The van der Waals surface area contributed by atoms with Gasteiger partial charge in [-0.2, -0.15) is 0 Å². The molecule has 0 N–H and O–H groups in total. The van der Waals surface area contributed by atoms with E-state index in [1.54, 1.807) is 6.92 Å². The van der Waals surface area contributed by atoms with Gasteiger partial charge in [0.1, 0.15) is 12.5 Å². The molecule has 8 rings (SSSR count). The number of rotatable bonds is 10. The van der Waals surface area contributed by atoms with Crippen molar-refractivity contribution in [2.24, 2.45) is 0 Å². The van der Waals surface area contributed by atoms with Crippen molar-refractivity contribution in [3.63, 3.8) is 0 Å². The summed E-state index contributed by atoms with van der Waals surface area (Å²) < 4.78 is 2.96. The van der Waals surface area contributed by atoms with Gasteiger partial charge in [0, 0.05) is 0 Å². The summed E-state index contributed by atoms with van der Waals surface area (Å²) in [6.07, 6.45) is 16.3. The molecule has 1 atom stereocenters. The van der Waals surface area contributed by atoms with E-state index in [0.717, 1.165) is 6.42 Å². The summed E-state index contributed by atoms with van der Waals surface area (Å²) in [4.78, 5) is 16.2. The van der Waals surface area contributed by atoms with Crippen molar-refractivity contribution in [2.75, 3.05) is 43.8 Å². The van der Waals surface area contributed by atoms with Gasteiger partial charge in [0.15, 0.2) is 37.8 Å². The quantitative estimate of drug-likeness (QED) is 0.0985. The van der Waals surface area contributed by atoms with E-state index < -0.39 is 0 Å². The maximum absolute atomic E-state index is 10.6. The highest BCUT2D eigenvalue weighted by atomic mass is 127. The van der Waals surface area contributed by atoms with Crippen molar-refractivity contribution in [3.8, 4) is 0 Å². The first-order valence-electron chi connectivity index (χ1n) is 35.9. The van der Waals surface area contributed by atoms with Crippen LogP contribution >= 0.6 is 0 Å². The second kappa shape index (κ2) is 107. The Balaban J connectivity index is -0.0000000810. The van der Waals surface area contributed by atoms with Crippen LogP contribution in [0.3, 0.4) is 0 Å². The molecule has 0 aliphatic rings. The molecule has 0 saturated heterocycles. The number of hydrogen-bond acceptors (Lipinski definition) is 1. The average Bonchev–Trinajstić information content (AvgIpc) is 2.22. The van der Waals surface area contributed by atoms with Gasteiger partial charge in [-0.05, 0) is 126 Å². The van der Waals surface area contributed by atoms with Crippen LogP contribution in [-0.2, 0) is 54.8 Å². The molecule has 0 spiro atoms. The molecule has 0 aliphatic carbocycles. The maximum atomic E-state index is 10.6. The van der Waals surface area contributed by atoms with E-state index in [1.165, 1.54) is 37.8 Å². The highest BCUT2D eigenvalue weighted by molar-refractivity contribution is 7.97. The van der Waals surface area contributed by atoms with E-state index >= 15 is 0 Å². The zero-order valence-corrected chi connectivity index (χ0v) is 73.7. The molecule has 0 heterocycles. The minimum Gasteiger partial charge on any atom is -0.294 e. The summed E-state index contributed by atoms with van der Waals surface area (Å²) in [5, 5.41) is 0.259. The molecule has 0 saturated carbocycles. The van der Waals surface area contributed by atoms with Crippen LogP contribution in [0, 0.1) is 7.14 Å². The number of Topliss-reactive ketones (excluding diaryl/α,β-unsaturated/α-hetero) is 1. The summed E-state index contributed by atoms with van der Waals surface area (Å²) >= 11 is 0.0287. The Morgan fingerprint density at radius 1 is 0.277 bits per heavy atom. The molecule has 1 nitrogen and oxygen atoms in total. The normalized spacial score (nSPS) is 8.31. The number of carbonyl (C=O) groups excluding carboxylic acids is 1. The smallest absolute Gasteiger partial charge is 0.294 e. The number of benzene rings is 8. The Labute approximate surface area is 613 Å². The molecule has 0 fully saturated rings. The molecule has 6 heteroatoms. The van der Waals surface area contributed by atoms with Crippen molar-refractivity contribution in [1.82, 2.24) is 0 Å². The fourth-order valence-electron chi connectivity index (χ4n) is 5.61. The molecule has 0 aliphatic heterocycles. The Hall–Kier alpha value is -4.44. The number of hydrogen-bond donors (Lipinski definition) is 0. The van der Waals surface area contributed by atoms with Gasteiger partial charge in [0.25, 0.3) is 0 Å². The van der Waals surface area contributed by atoms with Crippen LogP contribution in [0.5, 0.6) is 0 Å². The van der Waals surface area contributed by atoms with Gasteiger partial charge in [0.2, 0.25) is 0 Å². The third kappa shape index (κ3) is 78.3. The lowest BCUT2D eigenvalue weighted by atomic mass is 10.1. The minimum atomic E-state index is 0.0287. The fraction of sp³-hybridized carbons (Fsp3) is 0.443. The summed E-state index contributed by atoms with van der Waals surface area (Å²) in [5.41, 5.74) is 2.74. The lowest BCUT2D eigenvalue weighted by Crippen LogP contribution is -3.61. The van der Waals surface area contributed by atoms with Crippen molar-refractivity contribution in [2.45, 2.75) is 239 Å². The van der Waals surface area contributed by atoms with Gasteiger partial charge in [-0.3, -0.25) is 4.79 Å². The van der Waals surface area contributed by atoms with Crippen LogP contribution < -0.4 is 21.2 Å². The lowest BCUT2D eigenvalue weighted by molar-refractivity contribution is -0.597. The van der Waals surface area contributed by atoms with E-state index in [-0.39, 0.29) is 59.1 Å². The second-order valence-corrected chi connectivity index (χ2v) is 27.3. The first kappa shape index (κ1) is 117. The minimum absolute atomic E-state index is 0.0287. The Morgan fingerprint density at radius 2 is 0.426 bits per heavy atom. The van der Waals surface area contributed by atoms with Crippen molar-refractivity contribution in [3.05, 3.63) is 261 Å². The zero-order chi connectivity index (χ0) is 75.8. The van der Waals surface area contributed by atoms with Crippen LogP contribution in [-0.4, -0.2) is 54.8 Å². The van der Waals surface area contributed by atoms with Crippen LogP contribution in [0.25, 0.3) is 0 Å². The fourth-order valence-corrected chi connectivity index (χ4v) is 11.3. The molecular weight excluding hydrogens is 1330 g/mol. The molecule has 94 heavy (non-hydrogen) atoms. The van der Waals surface area contributed by atoms with E-state index in [0.29, 0.717) is 16.7 Å². The van der Waals surface area contributed by atoms with Crippen molar-refractivity contribution < 1.29 is 26.0 Å². The van der Waals surface area contributed by atoms with Crippen molar-refractivity contribution >= 4 is 49.4 Å². The lowest BCUT2D eigenvalue weighted by Gasteiger charge is -2.00. The summed E-state index contributed by atoms with van der Waals surface area (Å²) in [6.45, 7) is 59.6. The van der Waals surface area contributed by atoms with Crippen LogP contribution in [0.15, 0.2) is 262 Å². The van der Waals surface area contributed by atoms with Crippen LogP contribution in [0.1, 0.15) is 219 Å². The molecular formula is C88H154IOS4+5. The van der Waals surface area contributed by atoms with E-state index in [1.807, 2.05) is 201 Å². The number of halogens is 1. The third-order valence-electron chi connectivity index (χ3n) is 9.44. The molecule has 0 radical (unpaired) electrons. The van der Waals surface area contributed by atoms with Gasteiger partial charge in [0.05, 0.1) is 53.1 Å². The summed E-state index contributed by atoms with van der Waals surface area (Å²) in [7, 11) is 1.31. The second-order valence-electron chi connectivity index (χ2n) is 15.5. The zero-order valence-electron chi connectivity index (χ0n) is 68.3. The highest BCUT2D eigenvalue weighted by Gasteiger charge is 2.20. The predicted molar refractivity (Wildman–Crippen MR) is 455 cm³/mol. The van der Waals surface area contributed by atoms with Gasteiger partial charge in [-0.15, -0.1) is 0 Å². The van der Waals surface area contributed by atoms with E-state index in [2.05, 4.69) is 286 Å². The maximum Gasteiger partial charge on any atom is 0.357 e. The first-order valence-corrected chi connectivity index (χ1v) is 45.8. The molecule has 538 valence electrons. The Morgan fingerprint density at radius 3 is 0.564 bits per heavy atom. The third-order valence-corrected chi connectivity index (χ3v) is 17.8. The topological polar surface area (TPSA) is 17.1 Å². The largest absolute Gasteiger partial charge is 0.357 e. The highest BCUT2D eigenvalue weighted by Crippen LogP contribution is 2.21. The Kier molecular flexibility index (Phi) is 133. The monoisotopic (exact) mass is 1480 g/mol. The molecule has 0 amide bonds. The molecule has 1 unspecified atom stereocenters. The van der Waals surface area contributed by atoms with E-state index in [4.69, 9.17) is 0 Å². The van der Waals surface area contributed by atoms with Crippen LogP contribution in [0.4, 0.5) is 0 Å². The number of ketones is 1. The van der Waals surface area contributed by atoms with Gasteiger partial charge >= 0.3 is 21.2 Å². The standard InChI is InChI=1S/2C13H13S.C13H12.C12H10I.C6H13OS.C3H9S.14C2H6/c2*1-14(12-8-4-2-5-9-12)13-10-6-3-7-11-13;1-3-7-12(8-4-1)11-13-9-5-2-6-10-13;1-3-7-11(8-4-1)13-12-9-5-2-6-10-12;1-5(7)6(2)8(3)4;1-4(2)3;14*1-2/h2*2-11H,1H3;1-10H,11H2;1-10H;6H,1-4H3;1-3H3;14*1-2H3/q2*+1;;3*+1;;;;;;;;;;;;;;. The molecule has 8 aromatic rings. The van der Waals surface area contributed by atoms with Gasteiger partial charge < -0.3 is 0 Å². The summed E-state index contributed by atoms with van der Waals surface area (Å²) in [5.74, 6) is 0.304. The van der Waals surface area contributed by atoms with Crippen molar-refractivity contribution in [1.29, 1.82) is 0 Å². The van der Waals surface area contributed by atoms with Crippen LogP contribution in [0.2, 0.25) is 0 Å². The first-order chi connectivity index (χ1) is 45.9. The average molecular weight is 1480 g/mol. The van der Waals surface area contributed by atoms with Gasteiger partial charge in [-0.1, -0.05) is 364 Å². The Bertz CT molecular complexity index is 2060. The molecule has 0 bridgehead atoms. The molecule has 0 aromatic heterocycles. The summed E-state index contributed by atoms with van der Waals surface area (Å²) in [6, 6.07) is 85.0. The molecule has 8 aromatic carbocycles. The SMILES string of the molecule is CC.CC.CC.CC.CC.CC.CC.CC.CC.CC.CC.CC.CC.CC.CC(=O)C(C)[S+](C)C.C[S+](C)C.C[S+](c1ccccc1)c1ccccc1.C[S+](c1ccccc1)c1ccccc1.c1ccc(Cc2ccccc2)cc1.c1ccc([I+]c2ccccc2)cc1. The number of carbonyl (C=O) groups is 1. The predicted octanol–water partition coefficient (Wildman–Crippen LogP) is 25.5. The van der Waals surface area contributed by atoms with E-state index in [9.17, 15) is 4.79 Å². The van der Waals surface area contributed by atoms with Gasteiger partial charge in [-0.25, -0.2) is 0 Å².